The highest BCUT2D eigenvalue weighted by Crippen LogP contribution is 2.25. The van der Waals surface area contributed by atoms with E-state index in [4.69, 9.17) is 0 Å². The molecule has 0 aliphatic rings. The second-order valence-electron chi connectivity index (χ2n) is 6.39. The predicted molar refractivity (Wildman–Crippen MR) is 105 cm³/mol. The number of hydrogen-bond donors (Lipinski definition) is 2. The van der Waals surface area contributed by atoms with Gasteiger partial charge in [-0.3, -0.25) is 4.72 Å². The van der Waals surface area contributed by atoms with E-state index in [1.807, 2.05) is 20.8 Å². The number of aryl methyl sites for hydroxylation is 3. The van der Waals surface area contributed by atoms with Crippen LogP contribution in [-0.2, 0) is 10.0 Å². The molecule has 27 heavy (non-hydrogen) atoms. The van der Waals surface area contributed by atoms with Crippen molar-refractivity contribution >= 4 is 27.2 Å². The Bertz CT molecular complexity index is 1040. The van der Waals surface area contributed by atoms with Gasteiger partial charge in [0, 0.05) is 5.69 Å². The first-order valence-corrected chi connectivity index (χ1v) is 9.82. The lowest BCUT2D eigenvalue weighted by Gasteiger charge is -2.14. The minimum Gasteiger partial charge on any atom is -0.340 e. The molecule has 0 bridgehead atoms. The fourth-order valence-electron chi connectivity index (χ4n) is 2.86. The van der Waals surface area contributed by atoms with Crippen molar-refractivity contribution in [3.8, 4) is 0 Å². The molecule has 1 heterocycles. The van der Waals surface area contributed by atoms with Crippen LogP contribution in [-0.4, -0.2) is 13.4 Å². The van der Waals surface area contributed by atoms with Crippen LogP contribution in [0.15, 0.2) is 59.6 Å². The Morgan fingerprint density at radius 2 is 1.56 bits per heavy atom. The third-order valence-corrected chi connectivity index (χ3v) is 5.47. The standard InChI is InChI=1S/C20H20FN3O2S/c1-13-10-14(2)20(15(3)11-13)23-19-9-6-17(12-22-19)24-27(25,26)18-7-4-16(21)5-8-18/h4-12,24H,1-3H3,(H,22,23). The Morgan fingerprint density at radius 3 is 2.11 bits per heavy atom. The van der Waals surface area contributed by atoms with Gasteiger partial charge in [0.05, 0.1) is 16.8 Å². The van der Waals surface area contributed by atoms with E-state index in [9.17, 15) is 12.8 Å². The Kier molecular flexibility index (Phi) is 5.14. The van der Waals surface area contributed by atoms with Crippen LogP contribution >= 0.6 is 0 Å². The van der Waals surface area contributed by atoms with E-state index in [0.717, 1.165) is 28.9 Å². The van der Waals surface area contributed by atoms with Crippen LogP contribution in [0.3, 0.4) is 0 Å². The number of pyridine rings is 1. The minimum atomic E-state index is -3.80. The molecule has 3 rings (SSSR count). The molecule has 0 saturated carbocycles. The van der Waals surface area contributed by atoms with Gasteiger partial charge in [0.15, 0.2) is 0 Å². The Balaban J connectivity index is 1.77. The zero-order chi connectivity index (χ0) is 19.6. The first-order chi connectivity index (χ1) is 12.7. The van der Waals surface area contributed by atoms with E-state index < -0.39 is 15.8 Å². The van der Waals surface area contributed by atoms with Gasteiger partial charge in [-0.15, -0.1) is 0 Å². The second-order valence-corrected chi connectivity index (χ2v) is 8.07. The van der Waals surface area contributed by atoms with Crippen LogP contribution in [0.25, 0.3) is 0 Å². The lowest BCUT2D eigenvalue weighted by atomic mass is 10.1. The van der Waals surface area contributed by atoms with Crippen molar-refractivity contribution in [1.29, 1.82) is 0 Å². The van der Waals surface area contributed by atoms with E-state index in [1.165, 1.54) is 23.9 Å². The molecule has 0 unspecified atom stereocenters. The van der Waals surface area contributed by atoms with Crippen LogP contribution in [0, 0.1) is 26.6 Å². The first-order valence-electron chi connectivity index (χ1n) is 8.34. The molecule has 0 spiro atoms. The molecule has 2 aromatic carbocycles. The summed E-state index contributed by atoms with van der Waals surface area (Å²) >= 11 is 0. The monoisotopic (exact) mass is 385 g/mol. The number of rotatable bonds is 5. The zero-order valence-corrected chi connectivity index (χ0v) is 16.1. The number of nitrogens with zero attached hydrogens (tertiary/aromatic N) is 1. The molecule has 0 aliphatic heterocycles. The highest BCUT2D eigenvalue weighted by molar-refractivity contribution is 7.92. The van der Waals surface area contributed by atoms with Crippen LogP contribution in [0.4, 0.5) is 21.6 Å². The molecule has 140 valence electrons. The van der Waals surface area contributed by atoms with Crippen molar-refractivity contribution in [3.63, 3.8) is 0 Å². The van der Waals surface area contributed by atoms with Gasteiger partial charge in [-0.05, 0) is 68.3 Å². The van der Waals surface area contributed by atoms with Gasteiger partial charge in [0.2, 0.25) is 0 Å². The molecule has 2 N–H and O–H groups in total. The third-order valence-electron chi connectivity index (χ3n) is 4.07. The van der Waals surface area contributed by atoms with Gasteiger partial charge in [-0.1, -0.05) is 17.7 Å². The first kappa shape index (κ1) is 18.8. The largest absolute Gasteiger partial charge is 0.340 e. The third kappa shape index (κ3) is 4.43. The molecule has 0 fully saturated rings. The normalized spacial score (nSPS) is 11.3. The summed E-state index contributed by atoms with van der Waals surface area (Å²) in [7, 11) is -3.80. The van der Waals surface area contributed by atoms with Crippen molar-refractivity contribution in [2.75, 3.05) is 10.0 Å². The lowest BCUT2D eigenvalue weighted by molar-refractivity contribution is 0.599. The molecule has 7 heteroatoms. The van der Waals surface area contributed by atoms with E-state index in [2.05, 4.69) is 27.2 Å². The summed E-state index contributed by atoms with van der Waals surface area (Å²) in [6.07, 6.45) is 1.43. The molecule has 0 aliphatic carbocycles. The summed E-state index contributed by atoms with van der Waals surface area (Å²) in [5.41, 5.74) is 4.70. The maximum absolute atomic E-state index is 13.0. The van der Waals surface area contributed by atoms with E-state index in [-0.39, 0.29) is 4.90 Å². The number of aromatic nitrogens is 1. The average Bonchev–Trinajstić information content (AvgIpc) is 2.59. The average molecular weight is 385 g/mol. The molecule has 0 atom stereocenters. The number of benzene rings is 2. The zero-order valence-electron chi connectivity index (χ0n) is 15.2. The summed E-state index contributed by atoms with van der Waals surface area (Å²) in [4.78, 5) is 4.26. The van der Waals surface area contributed by atoms with Gasteiger partial charge in [-0.2, -0.15) is 0 Å². The molecule has 0 saturated heterocycles. The molecule has 5 nitrogen and oxygen atoms in total. The van der Waals surface area contributed by atoms with Crippen LogP contribution in [0.1, 0.15) is 16.7 Å². The van der Waals surface area contributed by atoms with Gasteiger partial charge in [0.25, 0.3) is 10.0 Å². The number of nitrogens with one attached hydrogen (secondary N) is 2. The minimum absolute atomic E-state index is 0.0167. The summed E-state index contributed by atoms with van der Waals surface area (Å²) in [5.74, 6) is 0.113. The lowest BCUT2D eigenvalue weighted by Crippen LogP contribution is -2.13. The molecular weight excluding hydrogens is 365 g/mol. The number of halogens is 1. The highest BCUT2D eigenvalue weighted by Gasteiger charge is 2.14. The summed E-state index contributed by atoms with van der Waals surface area (Å²) < 4.78 is 40.1. The number of hydrogen-bond acceptors (Lipinski definition) is 4. The number of anilines is 3. The summed E-state index contributed by atoms with van der Waals surface area (Å²) in [5, 5.41) is 3.27. The predicted octanol–water partition coefficient (Wildman–Crippen LogP) is 4.69. The molecule has 1 aromatic heterocycles. The summed E-state index contributed by atoms with van der Waals surface area (Å²) in [6, 6.07) is 12.1. The van der Waals surface area contributed by atoms with Crippen LogP contribution in [0.2, 0.25) is 0 Å². The van der Waals surface area contributed by atoms with Crippen LogP contribution in [0.5, 0.6) is 0 Å². The SMILES string of the molecule is Cc1cc(C)c(Nc2ccc(NS(=O)(=O)c3ccc(F)cc3)cn2)c(C)c1. The van der Waals surface area contributed by atoms with Crippen molar-refractivity contribution < 1.29 is 12.8 Å². The Labute approximate surface area is 158 Å². The van der Waals surface area contributed by atoms with Crippen LogP contribution < -0.4 is 10.0 Å². The quantitative estimate of drug-likeness (QED) is 0.668. The molecule has 0 radical (unpaired) electrons. The van der Waals surface area contributed by atoms with Crippen molar-refractivity contribution in [2.24, 2.45) is 0 Å². The molecular formula is C20H20FN3O2S. The Morgan fingerprint density at radius 1 is 0.926 bits per heavy atom. The van der Waals surface area contributed by atoms with E-state index in [1.54, 1.807) is 12.1 Å². The maximum Gasteiger partial charge on any atom is 0.261 e. The second kappa shape index (κ2) is 7.36. The van der Waals surface area contributed by atoms with E-state index >= 15 is 0 Å². The fraction of sp³-hybridized carbons (Fsp3) is 0.150. The Hall–Kier alpha value is -2.93. The van der Waals surface area contributed by atoms with Crippen molar-refractivity contribution in [3.05, 3.63) is 77.2 Å². The van der Waals surface area contributed by atoms with Gasteiger partial charge in [0.1, 0.15) is 11.6 Å². The topological polar surface area (TPSA) is 71.1 Å². The maximum atomic E-state index is 13.0. The van der Waals surface area contributed by atoms with Gasteiger partial charge < -0.3 is 5.32 Å². The smallest absolute Gasteiger partial charge is 0.261 e. The van der Waals surface area contributed by atoms with Gasteiger partial charge in [-0.25, -0.2) is 17.8 Å². The van der Waals surface area contributed by atoms with E-state index in [0.29, 0.717) is 11.5 Å². The number of sulfonamides is 1. The fourth-order valence-corrected chi connectivity index (χ4v) is 3.90. The summed E-state index contributed by atoms with van der Waals surface area (Å²) in [6.45, 7) is 6.09. The van der Waals surface area contributed by atoms with Gasteiger partial charge >= 0.3 is 0 Å². The van der Waals surface area contributed by atoms with Crippen molar-refractivity contribution in [2.45, 2.75) is 25.7 Å². The van der Waals surface area contributed by atoms with Crippen molar-refractivity contribution in [1.82, 2.24) is 4.98 Å². The molecule has 3 aromatic rings. The highest BCUT2D eigenvalue weighted by atomic mass is 32.2. The molecule has 0 amide bonds.